The molecule has 84 valence electrons. The average Bonchev–Trinajstić information content (AvgIpc) is 2.20. The summed E-state index contributed by atoms with van der Waals surface area (Å²) >= 11 is 0. The number of hydrogen-bond acceptors (Lipinski definition) is 2. The maximum Gasteiger partial charge on any atom is 0.119 e. The van der Waals surface area contributed by atoms with Gasteiger partial charge in [-0.3, -0.25) is 0 Å². The number of methoxy groups -OCH3 is 1. The van der Waals surface area contributed by atoms with Crippen LogP contribution in [0.5, 0.6) is 5.75 Å². The van der Waals surface area contributed by atoms with Crippen LogP contribution in [0.25, 0.3) is 0 Å². The van der Waals surface area contributed by atoms with Crippen LogP contribution in [0.1, 0.15) is 26.3 Å². The molecular weight excluding hydrogens is 186 g/mol. The van der Waals surface area contributed by atoms with Gasteiger partial charge in [-0.15, -0.1) is 0 Å². The number of nitrogens with one attached hydrogen (secondary N) is 1. The molecule has 2 heteroatoms. The molecule has 1 aromatic carbocycles. The van der Waals surface area contributed by atoms with Crippen LogP contribution in [0.4, 0.5) is 5.69 Å². The van der Waals surface area contributed by atoms with Crippen LogP contribution in [0.3, 0.4) is 0 Å². The molecule has 2 nitrogen and oxygen atoms in total. The summed E-state index contributed by atoms with van der Waals surface area (Å²) in [7, 11) is 1.69. The van der Waals surface area contributed by atoms with E-state index < -0.39 is 0 Å². The molecule has 0 aromatic heterocycles. The summed E-state index contributed by atoms with van der Waals surface area (Å²) in [5, 5.41) is 3.51. The van der Waals surface area contributed by atoms with Crippen LogP contribution in [-0.2, 0) is 0 Å². The van der Waals surface area contributed by atoms with E-state index in [2.05, 4.69) is 45.1 Å². The van der Waals surface area contributed by atoms with Gasteiger partial charge in [0, 0.05) is 11.7 Å². The van der Waals surface area contributed by atoms with E-state index in [1.807, 2.05) is 6.07 Å². The maximum absolute atomic E-state index is 5.17. The molecule has 1 rings (SSSR count). The van der Waals surface area contributed by atoms with Gasteiger partial charge in [-0.1, -0.05) is 13.8 Å². The molecule has 0 fully saturated rings. The van der Waals surface area contributed by atoms with Gasteiger partial charge in [-0.05, 0) is 43.5 Å². The Morgan fingerprint density at radius 3 is 2.33 bits per heavy atom. The molecule has 1 unspecified atom stereocenters. The fourth-order valence-electron chi connectivity index (χ4n) is 1.34. The second kappa shape index (κ2) is 5.06. The standard InChI is InChI=1S/C13H21NO/c1-9(2)11(4)14-13-7-6-12(15-5)8-10(13)3/h6-9,11,14H,1-5H3. The minimum atomic E-state index is 0.483. The van der Waals surface area contributed by atoms with Crippen molar-refractivity contribution in [2.75, 3.05) is 12.4 Å². The SMILES string of the molecule is COc1ccc(NC(C)C(C)C)c(C)c1. The topological polar surface area (TPSA) is 21.3 Å². The van der Waals surface area contributed by atoms with Crippen molar-refractivity contribution in [2.24, 2.45) is 5.92 Å². The second-order valence-electron chi connectivity index (χ2n) is 4.36. The monoisotopic (exact) mass is 207 g/mol. The maximum atomic E-state index is 5.17. The molecule has 0 bridgehead atoms. The number of rotatable bonds is 4. The van der Waals surface area contributed by atoms with E-state index in [-0.39, 0.29) is 0 Å². The van der Waals surface area contributed by atoms with Crippen LogP contribution in [0.2, 0.25) is 0 Å². The Labute approximate surface area is 92.6 Å². The van der Waals surface area contributed by atoms with Crippen LogP contribution in [0, 0.1) is 12.8 Å². The highest BCUT2D eigenvalue weighted by Crippen LogP contribution is 2.22. The second-order valence-corrected chi connectivity index (χ2v) is 4.36. The summed E-state index contributed by atoms with van der Waals surface area (Å²) in [6.07, 6.45) is 0. The molecule has 15 heavy (non-hydrogen) atoms. The van der Waals surface area contributed by atoms with Crippen LogP contribution in [0.15, 0.2) is 18.2 Å². The Hall–Kier alpha value is -1.18. The Balaban J connectivity index is 2.78. The number of anilines is 1. The molecule has 0 heterocycles. The summed E-state index contributed by atoms with van der Waals surface area (Å²) in [4.78, 5) is 0. The normalized spacial score (nSPS) is 12.7. The molecule has 0 aliphatic carbocycles. The fraction of sp³-hybridized carbons (Fsp3) is 0.538. The number of benzene rings is 1. The van der Waals surface area contributed by atoms with E-state index in [4.69, 9.17) is 4.74 Å². The van der Waals surface area contributed by atoms with Crippen molar-refractivity contribution in [2.45, 2.75) is 33.7 Å². The van der Waals surface area contributed by atoms with Gasteiger partial charge in [0.15, 0.2) is 0 Å². The quantitative estimate of drug-likeness (QED) is 0.816. The van der Waals surface area contributed by atoms with Crippen molar-refractivity contribution in [3.8, 4) is 5.75 Å². The molecule has 0 amide bonds. The molecule has 0 spiro atoms. The fourth-order valence-corrected chi connectivity index (χ4v) is 1.34. The lowest BCUT2D eigenvalue weighted by molar-refractivity contribution is 0.414. The smallest absolute Gasteiger partial charge is 0.119 e. The van der Waals surface area contributed by atoms with Crippen LogP contribution in [-0.4, -0.2) is 13.2 Å². The summed E-state index contributed by atoms with van der Waals surface area (Å²) in [5.74, 6) is 1.54. The lowest BCUT2D eigenvalue weighted by atomic mass is 10.1. The van der Waals surface area contributed by atoms with Crippen molar-refractivity contribution in [1.82, 2.24) is 0 Å². The van der Waals surface area contributed by atoms with Gasteiger partial charge in [0.25, 0.3) is 0 Å². The van der Waals surface area contributed by atoms with Crippen molar-refractivity contribution in [3.63, 3.8) is 0 Å². The zero-order chi connectivity index (χ0) is 11.4. The Morgan fingerprint density at radius 2 is 1.87 bits per heavy atom. The van der Waals surface area contributed by atoms with Gasteiger partial charge < -0.3 is 10.1 Å². The molecule has 0 aliphatic heterocycles. The summed E-state index contributed by atoms with van der Waals surface area (Å²) in [5.41, 5.74) is 2.42. The van der Waals surface area contributed by atoms with Gasteiger partial charge in [-0.25, -0.2) is 0 Å². The largest absolute Gasteiger partial charge is 0.497 e. The zero-order valence-electron chi connectivity index (χ0n) is 10.3. The molecular formula is C13H21NO. The molecule has 1 aromatic rings. The van der Waals surface area contributed by atoms with Crippen molar-refractivity contribution >= 4 is 5.69 Å². The predicted molar refractivity (Wildman–Crippen MR) is 65.7 cm³/mol. The highest BCUT2D eigenvalue weighted by Gasteiger charge is 2.08. The lowest BCUT2D eigenvalue weighted by Gasteiger charge is -2.20. The van der Waals surface area contributed by atoms with Crippen LogP contribution < -0.4 is 10.1 Å². The molecule has 0 saturated carbocycles. The third kappa shape index (κ3) is 3.15. The summed E-state index contributed by atoms with van der Waals surface area (Å²) in [6.45, 7) is 8.74. The predicted octanol–water partition coefficient (Wildman–Crippen LogP) is 3.46. The van der Waals surface area contributed by atoms with Crippen molar-refractivity contribution in [3.05, 3.63) is 23.8 Å². The summed E-state index contributed by atoms with van der Waals surface area (Å²) < 4.78 is 5.17. The number of ether oxygens (including phenoxy) is 1. The highest BCUT2D eigenvalue weighted by molar-refractivity contribution is 5.54. The first-order valence-corrected chi connectivity index (χ1v) is 5.45. The Bertz CT molecular complexity index is 320. The van der Waals surface area contributed by atoms with Gasteiger partial charge >= 0.3 is 0 Å². The minimum absolute atomic E-state index is 0.483. The first-order chi connectivity index (χ1) is 7.04. The van der Waals surface area contributed by atoms with Gasteiger partial charge in [-0.2, -0.15) is 0 Å². The van der Waals surface area contributed by atoms with Gasteiger partial charge in [0.1, 0.15) is 5.75 Å². The zero-order valence-corrected chi connectivity index (χ0v) is 10.3. The van der Waals surface area contributed by atoms with Crippen molar-refractivity contribution in [1.29, 1.82) is 0 Å². The number of hydrogen-bond donors (Lipinski definition) is 1. The third-order valence-corrected chi connectivity index (χ3v) is 2.82. The molecule has 0 saturated heterocycles. The first-order valence-electron chi connectivity index (χ1n) is 5.45. The van der Waals surface area contributed by atoms with E-state index in [1.54, 1.807) is 7.11 Å². The molecule has 0 radical (unpaired) electrons. The lowest BCUT2D eigenvalue weighted by Crippen LogP contribution is -2.21. The highest BCUT2D eigenvalue weighted by atomic mass is 16.5. The first kappa shape index (κ1) is 11.9. The van der Waals surface area contributed by atoms with Gasteiger partial charge in [0.2, 0.25) is 0 Å². The molecule has 0 aliphatic rings. The van der Waals surface area contributed by atoms with Gasteiger partial charge in [0.05, 0.1) is 7.11 Å². The summed E-state index contributed by atoms with van der Waals surface area (Å²) in [6, 6.07) is 6.60. The number of aryl methyl sites for hydroxylation is 1. The molecule has 1 atom stereocenters. The molecule has 1 N–H and O–H groups in total. The van der Waals surface area contributed by atoms with E-state index in [1.165, 1.54) is 11.3 Å². The van der Waals surface area contributed by atoms with E-state index in [9.17, 15) is 0 Å². The van der Waals surface area contributed by atoms with E-state index >= 15 is 0 Å². The van der Waals surface area contributed by atoms with E-state index in [0.717, 1.165) is 5.75 Å². The third-order valence-electron chi connectivity index (χ3n) is 2.82. The van der Waals surface area contributed by atoms with Crippen LogP contribution >= 0.6 is 0 Å². The minimum Gasteiger partial charge on any atom is -0.497 e. The van der Waals surface area contributed by atoms with Crippen molar-refractivity contribution < 1.29 is 4.74 Å². The van der Waals surface area contributed by atoms with E-state index in [0.29, 0.717) is 12.0 Å². The average molecular weight is 207 g/mol. The Kier molecular flexibility index (Phi) is 4.01. The Morgan fingerprint density at radius 1 is 1.20 bits per heavy atom.